The summed E-state index contributed by atoms with van der Waals surface area (Å²) in [7, 11) is 0. The Bertz CT molecular complexity index is 937. The largest absolute Gasteiger partial charge is 0.506 e. The number of hydrogen-bond donors (Lipinski definition) is 2. The monoisotopic (exact) mass is 295 g/mol. The molecule has 2 N–H and O–H groups in total. The zero-order chi connectivity index (χ0) is 15.0. The van der Waals surface area contributed by atoms with Gasteiger partial charge in [-0.15, -0.1) is 6.42 Å². The first-order valence-corrected chi connectivity index (χ1v) is 6.60. The van der Waals surface area contributed by atoms with Gasteiger partial charge in [0.05, 0.1) is 16.1 Å². The molecule has 0 aliphatic heterocycles. The van der Waals surface area contributed by atoms with Gasteiger partial charge in [-0.25, -0.2) is 0 Å². The van der Waals surface area contributed by atoms with Crippen LogP contribution >= 0.6 is 11.6 Å². The van der Waals surface area contributed by atoms with Crippen LogP contribution in [-0.2, 0) is 0 Å². The number of benzene rings is 2. The summed E-state index contributed by atoms with van der Waals surface area (Å²) < 4.78 is 0. The number of H-pyrrole nitrogens is 1. The standard InChI is InChI=1S/C17H10ClNO2/c1-2-10-8-12-15(13(18)9-10)19-17(21)14(16(12)20)11-6-4-3-5-7-11/h1,3-9H,(H2,19,20,21). The average Bonchev–Trinajstić information content (AvgIpc) is 2.49. The first-order chi connectivity index (χ1) is 10.1. The fourth-order valence-corrected chi connectivity index (χ4v) is 2.56. The Labute approximate surface area is 125 Å². The maximum atomic E-state index is 12.2. The number of rotatable bonds is 1. The summed E-state index contributed by atoms with van der Waals surface area (Å²) in [5, 5.41) is 11.2. The maximum absolute atomic E-state index is 12.2. The van der Waals surface area contributed by atoms with Crippen molar-refractivity contribution < 1.29 is 5.11 Å². The molecule has 0 fully saturated rings. The van der Waals surface area contributed by atoms with Crippen LogP contribution in [0.4, 0.5) is 0 Å². The summed E-state index contributed by atoms with van der Waals surface area (Å²) >= 11 is 6.11. The van der Waals surface area contributed by atoms with Crippen molar-refractivity contribution in [2.45, 2.75) is 0 Å². The lowest BCUT2D eigenvalue weighted by Gasteiger charge is -2.09. The molecule has 3 rings (SSSR count). The molecule has 0 aliphatic rings. The molecule has 0 saturated carbocycles. The lowest BCUT2D eigenvalue weighted by molar-refractivity contribution is 0.482. The molecule has 4 heteroatoms. The third kappa shape index (κ3) is 2.16. The minimum atomic E-state index is -0.401. The van der Waals surface area contributed by atoms with E-state index in [0.29, 0.717) is 27.1 Å². The van der Waals surface area contributed by atoms with Crippen molar-refractivity contribution in [3.05, 3.63) is 63.4 Å². The fraction of sp³-hybridized carbons (Fsp3) is 0. The number of aromatic hydroxyl groups is 1. The van der Waals surface area contributed by atoms with Crippen LogP contribution in [0.1, 0.15) is 5.56 Å². The number of halogens is 1. The zero-order valence-electron chi connectivity index (χ0n) is 10.9. The second kappa shape index (κ2) is 5.01. The van der Waals surface area contributed by atoms with Crippen molar-refractivity contribution in [2.75, 3.05) is 0 Å². The molecule has 0 aliphatic carbocycles. The molecular weight excluding hydrogens is 286 g/mol. The molecule has 0 atom stereocenters. The highest BCUT2D eigenvalue weighted by atomic mass is 35.5. The summed E-state index contributed by atoms with van der Waals surface area (Å²) in [5.41, 5.74) is 1.34. The third-order valence-electron chi connectivity index (χ3n) is 3.28. The van der Waals surface area contributed by atoms with E-state index in [-0.39, 0.29) is 11.3 Å². The molecule has 1 heterocycles. The van der Waals surface area contributed by atoms with E-state index in [4.69, 9.17) is 18.0 Å². The molecule has 0 saturated heterocycles. The van der Waals surface area contributed by atoms with Crippen molar-refractivity contribution in [2.24, 2.45) is 0 Å². The molecule has 102 valence electrons. The van der Waals surface area contributed by atoms with E-state index in [1.54, 1.807) is 36.4 Å². The maximum Gasteiger partial charge on any atom is 0.260 e. The number of pyridine rings is 1. The number of nitrogens with one attached hydrogen (secondary N) is 1. The minimum Gasteiger partial charge on any atom is -0.506 e. The van der Waals surface area contributed by atoms with Gasteiger partial charge < -0.3 is 10.1 Å². The third-order valence-corrected chi connectivity index (χ3v) is 3.57. The molecule has 21 heavy (non-hydrogen) atoms. The molecule has 0 spiro atoms. The van der Waals surface area contributed by atoms with Crippen molar-refractivity contribution >= 4 is 22.5 Å². The molecule has 0 unspecified atom stereocenters. The smallest absolute Gasteiger partial charge is 0.260 e. The first kappa shape index (κ1) is 13.3. The lowest BCUT2D eigenvalue weighted by Crippen LogP contribution is -2.09. The van der Waals surface area contributed by atoms with Crippen LogP contribution in [0.5, 0.6) is 5.75 Å². The van der Waals surface area contributed by atoms with Crippen LogP contribution < -0.4 is 5.56 Å². The number of aromatic amines is 1. The quantitative estimate of drug-likeness (QED) is 0.675. The van der Waals surface area contributed by atoms with Crippen LogP contribution in [0.2, 0.25) is 5.02 Å². The van der Waals surface area contributed by atoms with E-state index in [9.17, 15) is 9.90 Å². The summed E-state index contributed by atoms with van der Waals surface area (Å²) in [6.45, 7) is 0. The van der Waals surface area contributed by atoms with Gasteiger partial charge in [0.1, 0.15) is 5.75 Å². The van der Waals surface area contributed by atoms with Gasteiger partial charge in [-0.2, -0.15) is 0 Å². The van der Waals surface area contributed by atoms with E-state index in [2.05, 4.69) is 10.9 Å². The highest BCUT2D eigenvalue weighted by Crippen LogP contribution is 2.35. The van der Waals surface area contributed by atoms with Gasteiger partial charge in [-0.3, -0.25) is 4.79 Å². The molecule has 0 amide bonds. The summed E-state index contributed by atoms with van der Waals surface area (Å²) in [4.78, 5) is 14.9. The highest BCUT2D eigenvalue weighted by Gasteiger charge is 2.15. The zero-order valence-corrected chi connectivity index (χ0v) is 11.6. The highest BCUT2D eigenvalue weighted by molar-refractivity contribution is 6.35. The Morgan fingerprint density at radius 1 is 1.19 bits per heavy atom. The van der Waals surface area contributed by atoms with E-state index in [1.165, 1.54) is 0 Å². The first-order valence-electron chi connectivity index (χ1n) is 6.22. The molecule has 1 aromatic heterocycles. The van der Waals surface area contributed by atoms with Crippen LogP contribution in [-0.4, -0.2) is 10.1 Å². The molecule has 2 aromatic carbocycles. The van der Waals surface area contributed by atoms with Crippen LogP contribution in [0.15, 0.2) is 47.3 Å². The minimum absolute atomic E-state index is 0.126. The molecule has 0 bridgehead atoms. The van der Waals surface area contributed by atoms with Gasteiger partial charge in [0.25, 0.3) is 5.56 Å². The van der Waals surface area contributed by atoms with Gasteiger partial charge in [-0.05, 0) is 17.7 Å². The van der Waals surface area contributed by atoms with Crippen LogP contribution in [0.25, 0.3) is 22.0 Å². The summed E-state index contributed by atoms with van der Waals surface area (Å²) in [5.74, 6) is 2.35. The average molecular weight is 296 g/mol. The van der Waals surface area contributed by atoms with Gasteiger partial charge in [0.2, 0.25) is 0 Å². The van der Waals surface area contributed by atoms with Crippen molar-refractivity contribution in [3.8, 4) is 29.2 Å². The number of aromatic nitrogens is 1. The van der Waals surface area contributed by atoms with E-state index < -0.39 is 5.56 Å². The van der Waals surface area contributed by atoms with E-state index >= 15 is 0 Å². The van der Waals surface area contributed by atoms with Crippen molar-refractivity contribution in [1.29, 1.82) is 0 Å². The Hall–Kier alpha value is -2.70. The molecule has 3 aromatic rings. The van der Waals surface area contributed by atoms with Gasteiger partial charge in [0, 0.05) is 10.9 Å². The Kier molecular flexibility index (Phi) is 3.17. The number of terminal acetylenes is 1. The Morgan fingerprint density at radius 2 is 1.90 bits per heavy atom. The van der Waals surface area contributed by atoms with E-state index in [1.807, 2.05) is 6.07 Å². The predicted octanol–water partition coefficient (Wildman–Crippen LogP) is 3.54. The SMILES string of the molecule is C#Cc1cc(Cl)c2[nH]c(=O)c(-c3ccccc3)c(O)c2c1. The van der Waals surface area contributed by atoms with Gasteiger partial charge in [-0.1, -0.05) is 47.9 Å². The Balaban J connectivity index is 2.44. The lowest BCUT2D eigenvalue weighted by atomic mass is 10.0. The van der Waals surface area contributed by atoms with Crippen molar-refractivity contribution in [3.63, 3.8) is 0 Å². The van der Waals surface area contributed by atoms with Crippen LogP contribution in [0.3, 0.4) is 0 Å². The topological polar surface area (TPSA) is 53.1 Å². The number of fused-ring (bicyclic) bond motifs is 1. The normalized spacial score (nSPS) is 10.5. The second-order valence-corrected chi connectivity index (χ2v) is 4.98. The Morgan fingerprint density at radius 3 is 2.57 bits per heavy atom. The fourth-order valence-electron chi connectivity index (χ4n) is 2.29. The molecule has 3 nitrogen and oxygen atoms in total. The van der Waals surface area contributed by atoms with Gasteiger partial charge in [0.15, 0.2) is 0 Å². The molecule has 0 radical (unpaired) electrons. The molecular formula is C17H10ClNO2. The summed E-state index contributed by atoms with van der Waals surface area (Å²) in [6.07, 6.45) is 5.38. The van der Waals surface area contributed by atoms with Gasteiger partial charge >= 0.3 is 0 Å². The van der Waals surface area contributed by atoms with Crippen LogP contribution in [0, 0.1) is 12.3 Å². The van der Waals surface area contributed by atoms with E-state index in [0.717, 1.165) is 0 Å². The van der Waals surface area contributed by atoms with Crippen molar-refractivity contribution in [1.82, 2.24) is 4.98 Å². The summed E-state index contributed by atoms with van der Waals surface area (Å²) in [6, 6.07) is 12.1. The second-order valence-electron chi connectivity index (χ2n) is 4.57. The predicted molar refractivity (Wildman–Crippen MR) is 84.6 cm³/mol. The number of hydrogen-bond acceptors (Lipinski definition) is 2.